The fourth-order valence-corrected chi connectivity index (χ4v) is 0.435. The van der Waals surface area contributed by atoms with E-state index in [1.54, 1.807) is 15.6 Å². The number of hydrogen-bond acceptors (Lipinski definition) is 1. The molecular weight excluding hydrogens is 90.1 g/mol. The van der Waals surface area contributed by atoms with Gasteiger partial charge in [0.05, 0.1) is 7.05 Å². The maximum absolute atomic E-state index is 3.84. The molecule has 0 aliphatic rings. The zero-order valence-electron chi connectivity index (χ0n) is 4.42. The fraction of sp³-hybridized carbons (Fsp3) is 0.500. The van der Waals surface area contributed by atoms with E-state index < -0.39 is 0 Å². The van der Waals surface area contributed by atoms with Crippen molar-refractivity contribution in [2.45, 2.75) is 0 Å². The largest absolute Gasteiger partial charge is 0.396 e. The van der Waals surface area contributed by atoms with Crippen LogP contribution in [-0.2, 0) is 14.1 Å². The number of hydrogen-bond donors (Lipinski definition) is 0. The topological polar surface area (TPSA) is 21.7 Å². The third kappa shape index (κ3) is 0.765. The monoisotopic (exact) mass is 97.1 g/mol. The molecule has 1 heterocycles. The van der Waals surface area contributed by atoms with E-state index in [0.29, 0.717) is 0 Å². The molecule has 0 aliphatic heterocycles. The van der Waals surface area contributed by atoms with E-state index in [4.69, 9.17) is 0 Å². The van der Waals surface area contributed by atoms with Gasteiger partial charge >= 0.3 is 6.33 Å². The predicted octanol–water partition coefficient (Wildman–Crippen LogP) is -0.955. The van der Waals surface area contributed by atoms with Gasteiger partial charge in [0.15, 0.2) is 0 Å². The van der Waals surface area contributed by atoms with Gasteiger partial charge in [-0.25, -0.2) is 4.57 Å². The maximum atomic E-state index is 3.84. The summed E-state index contributed by atoms with van der Waals surface area (Å²) in [5.41, 5.74) is 0. The average Bonchev–Trinajstić information content (AvgIpc) is 1.87. The molecule has 1 aromatic heterocycles. The Morgan fingerprint density at radius 2 is 2.57 bits per heavy atom. The van der Waals surface area contributed by atoms with Gasteiger partial charge in [-0.1, -0.05) is 0 Å². The second-order valence-electron chi connectivity index (χ2n) is 1.47. The Hall–Kier alpha value is -0.860. The van der Waals surface area contributed by atoms with Crippen molar-refractivity contribution in [3.63, 3.8) is 0 Å². The van der Waals surface area contributed by atoms with E-state index in [9.17, 15) is 0 Å². The maximum Gasteiger partial charge on any atom is 0.396 e. The van der Waals surface area contributed by atoms with Gasteiger partial charge in [-0.3, -0.25) is 0 Å². The van der Waals surface area contributed by atoms with Crippen molar-refractivity contribution in [1.82, 2.24) is 9.67 Å². The SMILES string of the molecule is Cn1[c][n+](C)nc1. The predicted molar refractivity (Wildman–Crippen MR) is 23.2 cm³/mol. The quantitative estimate of drug-likeness (QED) is 0.382. The molecule has 0 atom stereocenters. The van der Waals surface area contributed by atoms with Gasteiger partial charge in [0.1, 0.15) is 7.05 Å². The van der Waals surface area contributed by atoms with E-state index in [1.165, 1.54) is 0 Å². The number of aromatic nitrogens is 3. The first-order chi connectivity index (χ1) is 3.29. The van der Waals surface area contributed by atoms with Crippen LogP contribution in [0.1, 0.15) is 0 Å². The zero-order chi connectivity index (χ0) is 5.28. The van der Waals surface area contributed by atoms with Gasteiger partial charge in [0.25, 0.3) is 0 Å². The summed E-state index contributed by atoms with van der Waals surface area (Å²) < 4.78 is 3.39. The summed E-state index contributed by atoms with van der Waals surface area (Å²) >= 11 is 0. The molecule has 0 spiro atoms. The number of rotatable bonds is 0. The second-order valence-corrected chi connectivity index (χ2v) is 1.47. The smallest absolute Gasteiger partial charge is 0.208 e. The number of aryl methyl sites for hydroxylation is 2. The van der Waals surface area contributed by atoms with Crippen molar-refractivity contribution in [3.8, 4) is 0 Å². The van der Waals surface area contributed by atoms with Gasteiger partial charge < -0.3 is 0 Å². The lowest BCUT2D eigenvalue weighted by Gasteiger charge is -1.65. The lowest BCUT2D eigenvalue weighted by Crippen LogP contribution is -2.29. The molecule has 3 nitrogen and oxygen atoms in total. The lowest BCUT2D eigenvalue weighted by atomic mass is 11.1. The highest BCUT2D eigenvalue weighted by molar-refractivity contribution is 4.42. The van der Waals surface area contributed by atoms with Crippen LogP contribution in [0.15, 0.2) is 6.33 Å². The van der Waals surface area contributed by atoms with Gasteiger partial charge in [-0.15, -0.1) is 4.68 Å². The molecule has 37 valence electrons. The van der Waals surface area contributed by atoms with E-state index in [1.807, 2.05) is 14.1 Å². The highest BCUT2D eigenvalue weighted by Gasteiger charge is 1.92. The highest BCUT2D eigenvalue weighted by atomic mass is 15.3. The molecule has 7 heavy (non-hydrogen) atoms. The van der Waals surface area contributed by atoms with Gasteiger partial charge in [0.2, 0.25) is 6.33 Å². The minimum atomic E-state index is 1.62. The second kappa shape index (κ2) is 1.33. The molecule has 1 aromatic rings. The Kier molecular flexibility index (Phi) is 0.817. The first kappa shape index (κ1) is 4.30. The standard InChI is InChI=1S/C4H7N3/c1-6-3-5-7(2)4-6/h3H,1-2H3/q+1. The van der Waals surface area contributed by atoms with Crippen LogP contribution >= 0.6 is 0 Å². The van der Waals surface area contributed by atoms with Crippen LogP contribution in [0, 0.1) is 6.33 Å². The van der Waals surface area contributed by atoms with Crippen molar-refractivity contribution >= 4 is 0 Å². The first-order valence-corrected chi connectivity index (χ1v) is 2.06. The zero-order valence-corrected chi connectivity index (χ0v) is 4.42. The molecule has 1 radical (unpaired) electrons. The molecule has 0 aliphatic carbocycles. The van der Waals surface area contributed by atoms with Crippen LogP contribution in [0.3, 0.4) is 0 Å². The summed E-state index contributed by atoms with van der Waals surface area (Å²) in [4.78, 5) is 0. The Bertz CT molecular complexity index is 139. The molecule has 0 N–H and O–H groups in total. The summed E-state index contributed by atoms with van der Waals surface area (Å²) in [6.45, 7) is 0. The summed E-state index contributed by atoms with van der Waals surface area (Å²) in [5, 5.41) is 3.84. The highest BCUT2D eigenvalue weighted by Crippen LogP contribution is 1.63. The van der Waals surface area contributed by atoms with E-state index in [-0.39, 0.29) is 0 Å². The Morgan fingerprint density at radius 1 is 1.86 bits per heavy atom. The molecular formula is C4H7N3+. The van der Waals surface area contributed by atoms with Gasteiger partial charge in [-0.05, 0) is 5.10 Å². The summed E-state index contributed by atoms with van der Waals surface area (Å²) in [6, 6.07) is 0. The van der Waals surface area contributed by atoms with Crippen LogP contribution in [-0.4, -0.2) is 9.67 Å². The molecule has 0 bridgehead atoms. The van der Waals surface area contributed by atoms with Gasteiger partial charge in [-0.2, -0.15) is 0 Å². The van der Waals surface area contributed by atoms with Crippen molar-refractivity contribution in [1.29, 1.82) is 0 Å². The Morgan fingerprint density at radius 3 is 2.71 bits per heavy atom. The third-order valence-corrected chi connectivity index (χ3v) is 0.701. The average molecular weight is 97.1 g/mol. The van der Waals surface area contributed by atoms with Crippen LogP contribution < -0.4 is 4.68 Å². The third-order valence-electron chi connectivity index (χ3n) is 0.701. The van der Waals surface area contributed by atoms with Crippen LogP contribution in [0.4, 0.5) is 0 Å². The van der Waals surface area contributed by atoms with E-state index in [2.05, 4.69) is 11.4 Å². The van der Waals surface area contributed by atoms with Gasteiger partial charge in [0, 0.05) is 0 Å². The van der Waals surface area contributed by atoms with Crippen molar-refractivity contribution < 1.29 is 4.68 Å². The van der Waals surface area contributed by atoms with E-state index >= 15 is 0 Å². The molecule has 0 aromatic carbocycles. The van der Waals surface area contributed by atoms with Crippen LogP contribution in [0.2, 0.25) is 0 Å². The molecule has 0 unspecified atom stereocenters. The molecule has 1 rings (SSSR count). The summed E-state index contributed by atoms with van der Waals surface area (Å²) in [6.07, 6.45) is 4.56. The minimum absolute atomic E-state index is 1.62. The van der Waals surface area contributed by atoms with Crippen molar-refractivity contribution in [2.24, 2.45) is 14.1 Å². The molecule has 0 amide bonds. The normalized spacial score (nSPS) is 9.43. The van der Waals surface area contributed by atoms with E-state index in [0.717, 1.165) is 0 Å². The van der Waals surface area contributed by atoms with Crippen molar-refractivity contribution in [2.75, 3.05) is 0 Å². The molecule has 0 fully saturated rings. The van der Waals surface area contributed by atoms with Crippen molar-refractivity contribution in [3.05, 3.63) is 12.7 Å². The number of nitrogens with zero attached hydrogens (tertiary/aromatic N) is 3. The minimum Gasteiger partial charge on any atom is -0.208 e. The fourth-order valence-electron chi connectivity index (χ4n) is 0.435. The lowest BCUT2D eigenvalue weighted by molar-refractivity contribution is -0.732. The molecule has 0 saturated carbocycles. The van der Waals surface area contributed by atoms with Crippen LogP contribution in [0.5, 0.6) is 0 Å². The van der Waals surface area contributed by atoms with Crippen LogP contribution in [0.25, 0.3) is 0 Å². The summed E-state index contributed by atoms with van der Waals surface area (Å²) in [5.74, 6) is 0. The Balaban J connectivity index is 3.04. The molecule has 0 saturated heterocycles. The first-order valence-electron chi connectivity index (χ1n) is 2.06. The molecule has 3 heteroatoms. The summed E-state index contributed by atoms with van der Waals surface area (Å²) in [7, 11) is 3.72. The Labute approximate surface area is 42.2 Å².